The van der Waals surface area contributed by atoms with E-state index in [2.05, 4.69) is 55.6 Å². The van der Waals surface area contributed by atoms with Crippen LogP contribution in [-0.2, 0) is 14.3 Å². The summed E-state index contributed by atoms with van der Waals surface area (Å²) in [6, 6.07) is -0.626. The first kappa shape index (κ1) is 85.8. The number of carbonyl (C=O) groups is 2. The fourth-order valence-corrected chi connectivity index (χ4v) is 12.5. The Morgan fingerprint density at radius 2 is 0.568 bits per heavy atom. The molecule has 518 valence electrons. The number of esters is 1. The molecule has 1 amide bonds. The van der Waals surface area contributed by atoms with Gasteiger partial charge in [-0.25, -0.2) is 0 Å². The molecule has 6 heteroatoms. The van der Waals surface area contributed by atoms with E-state index in [0.29, 0.717) is 19.4 Å². The summed E-state index contributed by atoms with van der Waals surface area (Å²) in [5.74, 6) is -0.0446. The van der Waals surface area contributed by atoms with Crippen LogP contribution in [0.4, 0.5) is 0 Å². The van der Waals surface area contributed by atoms with Crippen molar-refractivity contribution < 1.29 is 24.5 Å². The van der Waals surface area contributed by atoms with Crippen molar-refractivity contribution in [3.8, 4) is 0 Å². The fourth-order valence-electron chi connectivity index (χ4n) is 12.5. The summed E-state index contributed by atoms with van der Waals surface area (Å²) in [6.45, 7) is 4.92. The van der Waals surface area contributed by atoms with E-state index < -0.39 is 12.1 Å². The molecule has 0 saturated heterocycles. The van der Waals surface area contributed by atoms with Crippen molar-refractivity contribution in [3.05, 3.63) is 48.6 Å². The van der Waals surface area contributed by atoms with Gasteiger partial charge in [0.15, 0.2) is 0 Å². The standard InChI is InChI=1S/C82H155NO5/c1-3-5-7-9-11-13-15-17-19-21-39-44-48-52-56-60-64-68-72-76-82(87)88-77-73-69-65-61-57-53-49-45-41-38-36-34-32-30-28-26-24-22-23-25-27-29-31-33-35-37-40-43-47-51-55-59-63-67-71-75-81(86)83-79(78-84)80(85)74-70-66-62-58-54-50-46-42-20-18-16-14-12-10-8-6-4-2/h11,13,17,19,24,26,70,74,79-80,84-85H,3-10,12,14-16,18,20-23,25,27-69,71-73,75-78H2,1-2H3,(H,83,86)/b13-11-,19-17-,26-24-,74-70+. The molecule has 0 aromatic rings. The molecule has 0 fully saturated rings. The highest BCUT2D eigenvalue weighted by Gasteiger charge is 2.18. The van der Waals surface area contributed by atoms with E-state index in [1.54, 1.807) is 6.08 Å². The third-order valence-corrected chi connectivity index (χ3v) is 18.6. The van der Waals surface area contributed by atoms with Crippen LogP contribution in [0, 0.1) is 0 Å². The maximum Gasteiger partial charge on any atom is 0.305 e. The number of unbranched alkanes of at least 4 members (excludes halogenated alkanes) is 58. The van der Waals surface area contributed by atoms with Gasteiger partial charge in [0, 0.05) is 12.8 Å². The first-order valence-corrected chi connectivity index (χ1v) is 39.9. The van der Waals surface area contributed by atoms with Crippen molar-refractivity contribution >= 4 is 11.9 Å². The Morgan fingerprint density at radius 1 is 0.318 bits per heavy atom. The fraction of sp³-hybridized carbons (Fsp3) is 0.878. The highest BCUT2D eigenvalue weighted by molar-refractivity contribution is 5.76. The molecule has 2 unspecified atom stereocenters. The van der Waals surface area contributed by atoms with Gasteiger partial charge in [-0.3, -0.25) is 9.59 Å². The molecule has 0 aromatic heterocycles. The highest BCUT2D eigenvalue weighted by atomic mass is 16.5. The quantitative estimate of drug-likeness (QED) is 0.0320. The van der Waals surface area contributed by atoms with E-state index >= 15 is 0 Å². The molecule has 0 heterocycles. The van der Waals surface area contributed by atoms with E-state index in [1.165, 1.54) is 360 Å². The number of aliphatic hydroxyl groups is 2. The first-order valence-electron chi connectivity index (χ1n) is 39.9. The Labute approximate surface area is 550 Å². The number of aliphatic hydroxyl groups excluding tert-OH is 2. The average Bonchev–Trinajstić information content (AvgIpc) is 3.58. The maximum absolute atomic E-state index is 12.5. The Morgan fingerprint density at radius 3 is 0.898 bits per heavy atom. The summed E-state index contributed by atoms with van der Waals surface area (Å²) in [5.41, 5.74) is 0. The van der Waals surface area contributed by atoms with Gasteiger partial charge in [-0.15, -0.1) is 0 Å². The lowest BCUT2D eigenvalue weighted by Crippen LogP contribution is -2.45. The lowest BCUT2D eigenvalue weighted by molar-refractivity contribution is -0.143. The Kier molecular flexibility index (Phi) is 75.4. The topological polar surface area (TPSA) is 95.9 Å². The van der Waals surface area contributed by atoms with Crippen molar-refractivity contribution in [2.24, 2.45) is 0 Å². The molecule has 0 rings (SSSR count). The van der Waals surface area contributed by atoms with Crippen LogP contribution in [0.3, 0.4) is 0 Å². The third-order valence-electron chi connectivity index (χ3n) is 18.6. The monoisotopic (exact) mass is 1230 g/mol. The maximum atomic E-state index is 12.5. The minimum absolute atomic E-state index is 0.0167. The van der Waals surface area contributed by atoms with Crippen LogP contribution in [0.1, 0.15) is 438 Å². The van der Waals surface area contributed by atoms with Crippen molar-refractivity contribution in [2.75, 3.05) is 13.2 Å². The normalized spacial score (nSPS) is 12.7. The SMILES string of the molecule is CCCCC/C=C\C/C=C\CCCCCCCCCCCC(=O)OCCCCCCCCCCCCCCCC/C=C\CCCCCCCCCCCCCCCCCCCC(=O)NC(CO)C(O)/C=C/CCCCCCCCCCCCCCCCC. The summed E-state index contributed by atoms with van der Waals surface area (Å²) < 4.78 is 5.51. The predicted octanol–water partition coefficient (Wildman–Crippen LogP) is 26.4. The van der Waals surface area contributed by atoms with E-state index in [-0.39, 0.29) is 18.5 Å². The number of allylic oxidation sites excluding steroid dienone is 7. The highest BCUT2D eigenvalue weighted by Crippen LogP contribution is 2.19. The summed E-state index contributed by atoms with van der Waals surface area (Å²) in [5, 5.41) is 23.2. The van der Waals surface area contributed by atoms with Crippen LogP contribution in [0.5, 0.6) is 0 Å². The van der Waals surface area contributed by atoms with Crippen LogP contribution >= 0.6 is 0 Å². The molecule has 0 aliphatic heterocycles. The van der Waals surface area contributed by atoms with Crippen LogP contribution in [0.15, 0.2) is 48.6 Å². The number of carbonyl (C=O) groups excluding carboxylic acids is 2. The Bertz CT molecular complexity index is 1470. The first-order chi connectivity index (χ1) is 43.5. The number of amides is 1. The second kappa shape index (κ2) is 77.3. The van der Waals surface area contributed by atoms with Crippen molar-refractivity contribution in [3.63, 3.8) is 0 Å². The molecular weight excluding hydrogens is 1080 g/mol. The molecule has 0 bridgehead atoms. The van der Waals surface area contributed by atoms with Crippen LogP contribution in [0.2, 0.25) is 0 Å². The largest absolute Gasteiger partial charge is 0.466 e. The van der Waals surface area contributed by atoms with E-state index in [0.717, 1.165) is 51.4 Å². The smallest absolute Gasteiger partial charge is 0.305 e. The molecule has 0 aromatic carbocycles. The van der Waals surface area contributed by atoms with Crippen molar-refractivity contribution in [1.29, 1.82) is 0 Å². The van der Waals surface area contributed by atoms with Crippen LogP contribution < -0.4 is 5.32 Å². The van der Waals surface area contributed by atoms with Gasteiger partial charge in [-0.2, -0.15) is 0 Å². The molecule has 0 radical (unpaired) electrons. The zero-order valence-electron chi connectivity index (χ0n) is 59.5. The molecule has 6 nitrogen and oxygen atoms in total. The molecule has 0 saturated carbocycles. The van der Waals surface area contributed by atoms with Crippen molar-refractivity contribution in [2.45, 2.75) is 450 Å². The van der Waals surface area contributed by atoms with Crippen LogP contribution in [0.25, 0.3) is 0 Å². The molecule has 88 heavy (non-hydrogen) atoms. The zero-order chi connectivity index (χ0) is 63.5. The second-order valence-electron chi connectivity index (χ2n) is 27.4. The summed E-state index contributed by atoms with van der Waals surface area (Å²) in [6.07, 6.45) is 102. The molecule has 0 aliphatic rings. The van der Waals surface area contributed by atoms with Gasteiger partial charge in [0.2, 0.25) is 5.91 Å². The molecular formula is C82H155NO5. The molecule has 0 spiro atoms. The Hall–Kier alpha value is -2.18. The summed E-state index contributed by atoms with van der Waals surface area (Å²) >= 11 is 0. The third kappa shape index (κ3) is 72.9. The lowest BCUT2D eigenvalue weighted by Gasteiger charge is -2.20. The van der Waals surface area contributed by atoms with Gasteiger partial charge in [0.05, 0.1) is 25.4 Å². The Balaban J connectivity index is 3.35. The van der Waals surface area contributed by atoms with E-state index in [1.807, 2.05) is 6.08 Å². The van der Waals surface area contributed by atoms with E-state index in [9.17, 15) is 19.8 Å². The van der Waals surface area contributed by atoms with E-state index in [4.69, 9.17) is 4.74 Å². The molecule has 0 aliphatic carbocycles. The molecule has 2 atom stereocenters. The predicted molar refractivity (Wildman–Crippen MR) is 389 cm³/mol. The van der Waals surface area contributed by atoms with Gasteiger partial charge >= 0.3 is 5.97 Å². The van der Waals surface area contributed by atoms with Crippen molar-refractivity contribution in [1.82, 2.24) is 5.32 Å². The zero-order valence-corrected chi connectivity index (χ0v) is 59.5. The minimum Gasteiger partial charge on any atom is -0.466 e. The van der Waals surface area contributed by atoms with Gasteiger partial charge in [0.1, 0.15) is 0 Å². The summed E-state index contributed by atoms with van der Waals surface area (Å²) in [7, 11) is 0. The number of ether oxygens (including phenoxy) is 1. The van der Waals surface area contributed by atoms with Gasteiger partial charge < -0.3 is 20.3 Å². The number of hydrogen-bond donors (Lipinski definition) is 3. The average molecular weight is 1240 g/mol. The number of nitrogens with one attached hydrogen (secondary N) is 1. The van der Waals surface area contributed by atoms with Gasteiger partial charge in [-0.05, 0) is 89.9 Å². The van der Waals surface area contributed by atoms with Crippen LogP contribution in [-0.4, -0.2) is 47.4 Å². The van der Waals surface area contributed by atoms with Gasteiger partial charge in [0.25, 0.3) is 0 Å². The number of rotatable bonds is 75. The lowest BCUT2D eigenvalue weighted by atomic mass is 10.0. The second-order valence-corrected chi connectivity index (χ2v) is 27.4. The number of hydrogen-bond acceptors (Lipinski definition) is 5. The van der Waals surface area contributed by atoms with Gasteiger partial charge in [-0.1, -0.05) is 383 Å². The summed E-state index contributed by atoms with van der Waals surface area (Å²) in [4.78, 5) is 24.6. The minimum atomic E-state index is -0.843. The molecule has 3 N–H and O–H groups in total.